The van der Waals surface area contributed by atoms with Crippen LogP contribution in [-0.4, -0.2) is 73.5 Å². The Morgan fingerprint density at radius 2 is 1.56 bits per heavy atom. The Bertz CT molecular complexity index is 1120. The molecule has 4 aliphatic rings. The van der Waals surface area contributed by atoms with Crippen LogP contribution < -0.4 is 0 Å². The Morgan fingerprint density at radius 3 is 2.17 bits per heavy atom. The molecule has 8 heteroatoms. The summed E-state index contributed by atoms with van der Waals surface area (Å²) in [5.74, 6) is -1.55. The molecule has 6 rings (SSSR count). The summed E-state index contributed by atoms with van der Waals surface area (Å²) in [6, 6.07) is 16.1. The summed E-state index contributed by atoms with van der Waals surface area (Å²) in [5, 5.41) is 0. The van der Waals surface area contributed by atoms with Gasteiger partial charge in [-0.05, 0) is 49.9 Å². The summed E-state index contributed by atoms with van der Waals surface area (Å²) in [7, 11) is 1.72. The molecule has 192 valence electrons. The number of hydrogen-bond acceptors (Lipinski definition) is 7. The van der Waals surface area contributed by atoms with Gasteiger partial charge in [0, 0.05) is 13.0 Å². The van der Waals surface area contributed by atoms with Gasteiger partial charge in [0.2, 0.25) is 0 Å². The van der Waals surface area contributed by atoms with E-state index >= 15 is 0 Å². The molecule has 0 radical (unpaired) electrons. The molecular weight excluding hydrogens is 462 g/mol. The van der Waals surface area contributed by atoms with Crippen LogP contribution in [-0.2, 0) is 28.4 Å². The first kappa shape index (κ1) is 23.9. The predicted molar refractivity (Wildman–Crippen MR) is 130 cm³/mol. The fraction of sp³-hybridized carbons (Fsp3) is 0.536. The molecule has 1 amide bonds. The van der Waals surface area contributed by atoms with E-state index in [1.54, 1.807) is 11.9 Å². The van der Waals surface area contributed by atoms with Gasteiger partial charge in [0.25, 0.3) is 0 Å². The molecule has 2 aromatic carbocycles. The molecule has 1 aliphatic carbocycles. The number of carbonyl (C=O) groups excluding carboxylic acids is 1. The van der Waals surface area contributed by atoms with E-state index in [9.17, 15) is 4.79 Å². The van der Waals surface area contributed by atoms with Crippen LogP contribution in [0.2, 0.25) is 0 Å². The Morgan fingerprint density at radius 1 is 0.917 bits per heavy atom. The second kappa shape index (κ2) is 8.53. The number of hydrogen-bond donors (Lipinski definition) is 0. The minimum atomic E-state index is -0.813. The summed E-state index contributed by atoms with van der Waals surface area (Å²) in [6.45, 7) is 8.00. The third-order valence-corrected chi connectivity index (χ3v) is 7.52. The first-order chi connectivity index (χ1) is 17.1. The number of likely N-dealkylation sites (N-methyl/N-ethyl adjacent to an activating group) is 1. The quantitative estimate of drug-likeness (QED) is 0.627. The maximum Gasteiger partial charge on any atom is 0.409 e. The number of rotatable bonds is 4. The second-order valence-corrected chi connectivity index (χ2v) is 10.8. The smallest absolute Gasteiger partial charge is 0.409 e. The lowest BCUT2D eigenvalue weighted by atomic mass is 9.98. The third-order valence-electron chi connectivity index (χ3n) is 7.52. The minimum absolute atomic E-state index is 0.0181. The summed E-state index contributed by atoms with van der Waals surface area (Å²) in [5.41, 5.74) is 4.72. The maximum absolute atomic E-state index is 13.4. The molecule has 0 bridgehead atoms. The van der Waals surface area contributed by atoms with E-state index < -0.39 is 42.2 Å². The zero-order valence-corrected chi connectivity index (χ0v) is 21.3. The summed E-state index contributed by atoms with van der Waals surface area (Å²) in [4.78, 5) is 15.0. The molecule has 0 unspecified atom stereocenters. The van der Waals surface area contributed by atoms with Gasteiger partial charge in [-0.1, -0.05) is 48.5 Å². The SMILES string of the molecule is CN(C(=O)OCC1c2ccccc2-c2ccccc21)[C@@H]1[C@H]2OC(C)(C)O[C@H]2O[C@@H]1[C@H]1COC(C)(C)O1. The Hall–Kier alpha value is -2.49. The van der Waals surface area contributed by atoms with Gasteiger partial charge in [0.15, 0.2) is 17.9 Å². The Labute approximate surface area is 211 Å². The van der Waals surface area contributed by atoms with Crippen LogP contribution >= 0.6 is 0 Å². The molecule has 3 fully saturated rings. The Balaban J connectivity index is 1.21. The van der Waals surface area contributed by atoms with Crippen molar-refractivity contribution >= 4 is 6.09 Å². The van der Waals surface area contributed by atoms with Gasteiger partial charge in [0.1, 0.15) is 24.9 Å². The monoisotopic (exact) mass is 495 g/mol. The maximum atomic E-state index is 13.4. The van der Waals surface area contributed by atoms with Crippen LogP contribution in [0.5, 0.6) is 0 Å². The van der Waals surface area contributed by atoms with Gasteiger partial charge >= 0.3 is 6.09 Å². The van der Waals surface area contributed by atoms with Crippen molar-refractivity contribution in [1.82, 2.24) is 4.90 Å². The first-order valence-corrected chi connectivity index (χ1v) is 12.5. The summed E-state index contributed by atoms with van der Waals surface area (Å²) < 4.78 is 36.2. The predicted octanol–water partition coefficient (Wildman–Crippen LogP) is 4.26. The summed E-state index contributed by atoms with van der Waals surface area (Å²) in [6.07, 6.45) is -2.37. The van der Waals surface area contributed by atoms with E-state index in [1.807, 2.05) is 52.0 Å². The highest BCUT2D eigenvalue weighted by atomic mass is 16.8. The van der Waals surface area contributed by atoms with Crippen LogP contribution in [0.3, 0.4) is 0 Å². The molecule has 0 spiro atoms. The van der Waals surface area contributed by atoms with Crippen molar-refractivity contribution in [3.8, 4) is 11.1 Å². The van der Waals surface area contributed by atoms with Gasteiger partial charge < -0.3 is 33.3 Å². The molecule has 36 heavy (non-hydrogen) atoms. The number of carbonyl (C=O) groups is 1. The van der Waals surface area contributed by atoms with Gasteiger partial charge in [-0.25, -0.2) is 4.79 Å². The number of fused-ring (bicyclic) bond motifs is 4. The number of benzene rings is 2. The van der Waals surface area contributed by atoms with Gasteiger partial charge in [-0.3, -0.25) is 0 Å². The number of ether oxygens (including phenoxy) is 6. The Kier molecular flexibility index (Phi) is 5.66. The fourth-order valence-electron chi connectivity index (χ4n) is 5.96. The lowest BCUT2D eigenvalue weighted by Gasteiger charge is -2.34. The van der Waals surface area contributed by atoms with Crippen molar-refractivity contribution in [3.63, 3.8) is 0 Å². The average Bonchev–Trinajstić information content (AvgIpc) is 3.54. The number of nitrogens with zero attached hydrogens (tertiary/aromatic N) is 1. The zero-order chi connectivity index (χ0) is 25.2. The lowest BCUT2D eigenvalue weighted by molar-refractivity contribution is -0.226. The molecule has 3 aliphatic heterocycles. The highest BCUT2D eigenvalue weighted by Gasteiger charge is 2.60. The van der Waals surface area contributed by atoms with Crippen LogP contribution in [0.15, 0.2) is 48.5 Å². The second-order valence-electron chi connectivity index (χ2n) is 10.8. The minimum Gasteiger partial charge on any atom is -0.448 e. The normalized spacial score (nSPS) is 31.6. The highest BCUT2D eigenvalue weighted by molar-refractivity contribution is 5.79. The van der Waals surface area contributed by atoms with Crippen molar-refractivity contribution in [1.29, 1.82) is 0 Å². The van der Waals surface area contributed by atoms with Crippen molar-refractivity contribution in [2.45, 2.75) is 75.8 Å². The molecule has 2 aromatic rings. The largest absolute Gasteiger partial charge is 0.448 e. The first-order valence-electron chi connectivity index (χ1n) is 12.5. The molecule has 5 atom stereocenters. The van der Waals surface area contributed by atoms with Crippen molar-refractivity contribution in [3.05, 3.63) is 59.7 Å². The molecule has 0 N–H and O–H groups in total. The van der Waals surface area contributed by atoms with Crippen molar-refractivity contribution in [2.75, 3.05) is 20.3 Å². The van der Waals surface area contributed by atoms with Gasteiger partial charge in [-0.2, -0.15) is 0 Å². The fourth-order valence-corrected chi connectivity index (χ4v) is 5.96. The molecule has 0 aromatic heterocycles. The lowest BCUT2D eigenvalue weighted by Crippen LogP contribution is -2.53. The average molecular weight is 496 g/mol. The topological polar surface area (TPSA) is 75.7 Å². The highest BCUT2D eigenvalue weighted by Crippen LogP contribution is 2.45. The van der Waals surface area contributed by atoms with Crippen LogP contribution in [0.25, 0.3) is 11.1 Å². The molecule has 3 saturated heterocycles. The zero-order valence-electron chi connectivity index (χ0n) is 21.3. The molecule has 3 heterocycles. The van der Waals surface area contributed by atoms with Crippen molar-refractivity contribution in [2.24, 2.45) is 0 Å². The van der Waals surface area contributed by atoms with Crippen LogP contribution in [0, 0.1) is 0 Å². The van der Waals surface area contributed by atoms with Crippen LogP contribution in [0.4, 0.5) is 4.79 Å². The molecule has 8 nitrogen and oxygen atoms in total. The van der Waals surface area contributed by atoms with E-state index in [1.165, 1.54) is 22.3 Å². The van der Waals surface area contributed by atoms with Gasteiger partial charge in [-0.15, -0.1) is 0 Å². The van der Waals surface area contributed by atoms with Crippen LogP contribution in [0.1, 0.15) is 44.7 Å². The van der Waals surface area contributed by atoms with E-state index in [4.69, 9.17) is 28.4 Å². The summed E-state index contributed by atoms with van der Waals surface area (Å²) >= 11 is 0. The number of amides is 1. The van der Waals surface area contributed by atoms with E-state index in [0.29, 0.717) is 6.61 Å². The van der Waals surface area contributed by atoms with E-state index in [0.717, 1.165) is 0 Å². The standard InChI is InChI=1S/C28H33NO7/c1-27(2)32-15-21(34-27)23-22(24-25(33-23)36-28(3,4)35-24)29(5)26(30)31-14-20-18-12-8-6-10-16(18)17-11-7-9-13-19(17)20/h6-13,20-25H,14-15H2,1-5H3/t21-,22+,23-,24-,25-/m1/s1. The van der Waals surface area contributed by atoms with Gasteiger partial charge in [0.05, 0.1) is 12.6 Å². The molecule has 0 saturated carbocycles. The van der Waals surface area contributed by atoms with E-state index in [-0.39, 0.29) is 18.6 Å². The third kappa shape index (κ3) is 4.01. The molecular formula is C28H33NO7. The van der Waals surface area contributed by atoms with E-state index in [2.05, 4.69) is 24.3 Å². The van der Waals surface area contributed by atoms with Crippen molar-refractivity contribution < 1.29 is 33.2 Å².